The fourth-order valence-corrected chi connectivity index (χ4v) is 5.91. The number of hydrogen-bond acceptors (Lipinski definition) is 5. The zero-order valence-electron chi connectivity index (χ0n) is 21.3. The van der Waals surface area contributed by atoms with E-state index in [0.717, 1.165) is 56.1 Å². The van der Waals surface area contributed by atoms with E-state index in [1.165, 1.54) is 18.3 Å². The molecule has 2 amide bonds. The second-order valence-corrected chi connectivity index (χ2v) is 11.1. The fraction of sp³-hybridized carbons (Fsp3) is 0.444. The number of thiazole rings is 1. The molecule has 1 aliphatic heterocycles. The molecule has 4 rings (SSSR count). The molecule has 1 unspecified atom stereocenters. The zero-order chi connectivity index (χ0) is 27.0. The molecule has 1 aromatic heterocycles. The lowest BCUT2D eigenvalue weighted by molar-refractivity contribution is -0.137. The molecule has 3 aromatic rings. The molecule has 1 atom stereocenters. The topological polar surface area (TPSA) is 74.3 Å². The molecule has 2 aromatic carbocycles. The van der Waals surface area contributed by atoms with E-state index in [4.69, 9.17) is 0 Å². The van der Waals surface area contributed by atoms with E-state index in [9.17, 15) is 22.8 Å². The van der Waals surface area contributed by atoms with Crippen molar-refractivity contribution in [3.63, 3.8) is 0 Å². The van der Waals surface area contributed by atoms with Crippen LogP contribution in [0, 0.1) is 12.0 Å². The van der Waals surface area contributed by atoms with E-state index < -0.39 is 23.2 Å². The highest BCUT2D eigenvalue weighted by atomic mass is 32.1. The van der Waals surface area contributed by atoms with E-state index >= 15 is 0 Å². The maximum Gasteiger partial charge on any atom is 0.416 e. The van der Waals surface area contributed by atoms with Gasteiger partial charge in [0.1, 0.15) is 0 Å². The number of alkyl halides is 3. The number of likely N-dealkylation sites (tertiary alicyclic amines) is 1. The summed E-state index contributed by atoms with van der Waals surface area (Å²) in [4.78, 5) is 32.4. The van der Waals surface area contributed by atoms with Crippen LogP contribution >= 0.6 is 11.3 Å². The lowest BCUT2D eigenvalue weighted by Gasteiger charge is -2.47. The molecule has 0 spiro atoms. The van der Waals surface area contributed by atoms with Crippen molar-refractivity contribution in [1.29, 1.82) is 0 Å². The van der Waals surface area contributed by atoms with Gasteiger partial charge in [-0.1, -0.05) is 43.7 Å². The summed E-state index contributed by atoms with van der Waals surface area (Å²) >= 11 is 1.24. The Morgan fingerprint density at radius 1 is 1.22 bits per heavy atom. The predicted octanol–water partition coefficient (Wildman–Crippen LogP) is 6.68. The highest BCUT2D eigenvalue weighted by Gasteiger charge is 2.40. The first-order valence-corrected chi connectivity index (χ1v) is 13.1. The maximum absolute atomic E-state index is 13.8. The lowest BCUT2D eigenvalue weighted by Crippen LogP contribution is -2.49. The molecule has 1 aliphatic rings. The van der Waals surface area contributed by atoms with Crippen LogP contribution in [0.1, 0.15) is 68.4 Å². The van der Waals surface area contributed by atoms with Crippen LogP contribution in [0.5, 0.6) is 0 Å². The van der Waals surface area contributed by atoms with Crippen molar-refractivity contribution in [1.82, 2.24) is 9.88 Å². The molecular formula is C27H30F3N4O2S. The molecule has 2 heterocycles. The minimum Gasteiger partial charge on any atom is -0.321 e. The predicted molar refractivity (Wildman–Crippen MR) is 140 cm³/mol. The number of anilines is 2. The molecule has 0 bridgehead atoms. The number of rotatable bonds is 6. The second-order valence-electron chi connectivity index (χ2n) is 10.0. The Morgan fingerprint density at radius 3 is 2.65 bits per heavy atom. The number of carbonyl (C=O) groups excluding carboxylic acids is 2. The number of nitrogens with zero attached hydrogens (tertiary/aromatic N) is 2. The van der Waals surface area contributed by atoms with Gasteiger partial charge in [0.15, 0.2) is 5.13 Å². The number of halogens is 3. The van der Waals surface area contributed by atoms with Crippen molar-refractivity contribution in [2.75, 3.05) is 23.7 Å². The van der Waals surface area contributed by atoms with Gasteiger partial charge in [0.25, 0.3) is 5.91 Å². The van der Waals surface area contributed by atoms with Crippen molar-refractivity contribution < 1.29 is 22.8 Å². The van der Waals surface area contributed by atoms with Gasteiger partial charge in [0.2, 0.25) is 5.91 Å². The van der Waals surface area contributed by atoms with Crippen molar-refractivity contribution >= 4 is 44.2 Å². The summed E-state index contributed by atoms with van der Waals surface area (Å²) < 4.78 is 40.5. The number of hydrogen-bond donors (Lipinski definition) is 2. The fourth-order valence-electron chi connectivity index (χ4n) is 4.99. The first-order chi connectivity index (χ1) is 17.4. The number of aromatic nitrogens is 1. The van der Waals surface area contributed by atoms with Gasteiger partial charge in [-0.3, -0.25) is 14.5 Å². The van der Waals surface area contributed by atoms with Crippen molar-refractivity contribution in [3.8, 4) is 0 Å². The van der Waals surface area contributed by atoms with Crippen molar-refractivity contribution in [3.05, 3.63) is 53.1 Å². The first kappa shape index (κ1) is 27.1. The summed E-state index contributed by atoms with van der Waals surface area (Å²) in [5.74, 6) is -0.442. The summed E-state index contributed by atoms with van der Waals surface area (Å²) in [5.41, 5.74) is 0.0568. The molecule has 1 radical (unpaired) electrons. The molecule has 10 heteroatoms. The van der Waals surface area contributed by atoms with E-state index in [1.54, 1.807) is 0 Å². The van der Waals surface area contributed by atoms with E-state index in [0.29, 0.717) is 26.8 Å². The van der Waals surface area contributed by atoms with Crippen LogP contribution in [0.15, 0.2) is 30.3 Å². The number of fused-ring (bicyclic) bond motifs is 1. The summed E-state index contributed by atoms with van der Waals surface area (Å²) in [6, 6.07) is 9.43. The van der Waals surface area contributed by atoms with Gasteiger partial charge in [-0.05, 0) is 56.0 Å². The van der Waals surface area contributed by atoms with Crippen molar-refractivity contribution in [2.45, 2.75) is 58.7 Å². The SMILES string of the molecule is CC(=O)Nc1nc2c(C(=O)Nc3[c]ccc(C(F)(F)F)c3)c(C3(C)CCCCN3CC(C)C)ccc2s1. The molecule has 197 valence electrons. The molecule has 6 nitrogen and oxygen atoms in total. The minimum absolute atomic E-state index is 0.0760. The smallest absolute Gasteiger partial charge is 0.321 e. The van der Waals surface area contributed by atoms with Crippen LogP contribution in [-0.4, -0.2) is 34.8 Å². The largest absolute Gasteiger partial charge is 0.416 e. The van der Waals surface area contributed by atoms with Gasteiger partial charge in [0.05, 0.1) is 21.3 Å². The van der Waals surface area contributed by atoms with Gasteiger partial charge >= 0.3 is 6.18 Å². The number of piperidine rings is 1. The average molecular weight is 532 g/mol. The minimum atomic E-state index is -4.55. The summed E-state index contributed by atoms with van der Waals surface area (Å²) in [5, 5.41) is 5.66. The van der Waals surface area contributed by atoms with Gasteiger partial charge < -0.3 is 10.6 Å². The quantitative estimate of drug-likeness (QED) is 0.372. The zero-order valence-corrected chi connectivity index (χ0v) is 22.1. The Labute approximate surface area is 218 Å². The Morgan fingerprint density at radius 2 is 1.97 bits per heavy atom. The lowest BCUT2D eigenvalue weighted by atomic mass is 9.79. The van der Waals surface area contributed by atoms with E-state index in [2.05, 4.69) is 47.4 Å². The number of nitrogens with one attached hydrogen (secondary N) is 2. The molecule has 2 N–H and O–H groups in total. The van der Waals surface area contributed by atoms with Gasteiger partial charge in [0, 0.05) is 30.8 Å². The molecule has 0 aliphatic carbocycles. The molecule has 1 fully saturated rings. The summed E-state index contributed by atoms with van der Waals surface area (Å²) in [7, 11) is 0. The van der Waals surface area contributed by atoms with Crippen LogP contribution in [0.2, 0.25) is 0 Å². The average Bonchev–Trinajstić information content (AvgIpc) is 3.21. The molecule has 1 saturated heterocycles. The normalized spacial score (nSPS) is 18.8. The van der Waals surface area contributed by atoms with Gasteiger partial charge in [-0.2, -0.15) is 13.2 Å². The number of benzene rings is 2. The van der Waals surface area contributed by atoms with Gasteiger partial charge in [-0.25, -0.2) is 4.98 Å². The van der Waals surface area contributed by atoms with Crippen LogP contribution in [-0.2, 0) is 16.5 Å². The third kappa shape index (κ3) is 5.80. The third-order valence-electron chi connectivity index (χ3n) is 6.65. The highest BCUT2D eigenvalue weighted by Crippen LogP contribution is 2.43. The Balaban J connectivity index is 1.85. The molecular weight excluding hydrogens is 501 g/mol. The van der Waals surface area contributed by atoms with Gasteiger partial charge in [-0.15, -0.1) is 0 Å². The van der Waals surface area contributed by atoms with Crippen LogP contribution in [0.4, 0.5) is 24.0 Å². The Bertz CT molecular complexity index is 1320. The molecule has 37 heavy (non-hydrogen) atoms. The Hall–Kier alpha value is -2.98. The van der Waals surface area contributed by atoms with E-state index in [-0.39, 0.29) is 11.6 Å². The van der Waals surface area contributed by atoms with E-state index in [1.807, 2.05) is 12.1 Å². The third-order valence-corrected chi connectivity index (χ3v) is 7.59. The van der Waals surface area contributed by atoms with Crippen molar-refractivity contribution in [2.24, 2.45) is 5.92 Å². The van der Waals surface area contributed by atoms with Crippen LogP contribution < -0.4 is 10.6 Å². The summed E-state index contributed by atoms with van der Waals surface area (Å²) in [6.45, 7) is 9.50. The van der Waals surface area contributed by atoms with Crippen LogP contribution in [0.25, 0.3) is 10.2 Å². The number of amides is 2. The monoisotopic (exact) mass is 531 g/mol. The second kappa shape index (κ2) is 10.4. The Kier molecular flexibility index (Phi) is 7.62. The van der Waals surface area contributed by atoms with Crippen LogP contribution in [0.3, 0.4) is 0 Å². The summed E-state index contributed by atoms with van der Waals surface area (Å²) in [6.07, 6.45) is -1.69. The highest BCUT2D eigenvalue weighted by molar-refractivity contribution is 7.22. The first-order valence-electron chi connectivity index (χ1n) is 12.3. The standard InChI is InChI=1S/C27H30F3N4O2S/c1-16(2)15-34-13-6-5-12-26(34,4)20-10-11-21-23(33-25(37-21)31-17(3)35)22(20)24(36)32-19-9-7-8-18(14-19)27(28,29)30/h7-8,10-11,14,16H,5-6,12-13,15H2,1-4H3,(H,32,36)(H,31,33,35). The number of carbonyl (C=O) groups is 2. The molecule has 0 saturated carbocycles. The maximum atomic E-state index is 13.8.